The predicted octanol–water partition coefficient (Wildman–Crippen LogP) is 2.60. The van der Waals surface area contributed by atoms with Crippen molar-refractivity contribution in [2.24, 2.45) is 0 Å². The molecule has 5 nitrogen and oxygen atoms in total. The topological polar surface area (TPSA) is 45.7 Å². The van der Waals surface area contributed by atoms with E-state index in [0.717, 1.165) is 48.9 Å². The van der Waals surface area contributed by atoms with Gasteiger partial charge < -0.3 is 14.5 Å². The molecule has 0 bridgehead atoms. The van der Waals surface area contributed by atoms with Crippen molar-refractivity contribution in [1.29, 1.82) is 0 Å². The van der Waals surface area contributed by atoms with Crippen LogP contribution in [0.25, 0.3) is 10.6 Å². The van der Waals surface area contributed by atoms with Crippen molar-refractivity contribution in [3.8, 4) is 16.3 Å². The van der Waals surface area contributed by atoms with Gasteiger partial charge in [-0.25, -0.2) is 4.98 Å². The Hall–Kier alpha value is -1.92. The van der Waals surface area contributed by atoms with E-state index in [-0.39, 0.29) is 5.91 Å². The lowest BCUT2D eigenvalue weighted by Crippen LogP contribution is -2.34. The van der Waals surface area contributed by atoms with Crippen molar-refractivity contribution in [1.82, 2.24) is 14.8 Å². The molecule has 0 radical (unpaired) electrons. The molecule has 2 aromatic rings. The molecule has 0 N–H and O–H groups in total. The lowest BCUT2D eigenvalue weighted by atomic mass is 10.2. The molecule has 2 heterocycles. The fourth-order valence-electron chi connectivity index (χ4n) is 2.65. The Morgan fingerprint density at radius 2 is 1.96 bits per heavy atom. The molecule has 0 saturated carbocycles. The van der Waals surface area contributed by atoms with Crippen molar-refractivity contribution in [2.75, 3.05) is 40.3 Å². The second kappa shape index (κ2) is 7.10. The molecular weight excluding hydrogens is 310 g/mol. The van der Waals surface area contributed by atoms with Crippen molar-refractivity contribution in [2.45, 2.75) is 6.42 Å². The van der Waals surface area contributed by atoms with Crippen LogP contribution >= 0.6 is 11.3 Å². The van der Waals surface area contributed by atoms with Gasteiger partial charge in [0, 0.05) is 30.6 Å². The number of hydrogen-bond donors (Lipinski definition) is 0. The minimum Gasteiger partial charge on any atom is -0.497 e. The summed E-state index contributed by atoms with van der Waals surface area (Å²) in [6.07, 6.45) is 1.01. The molecule has 1 aromatic carbocycles. The summed E-state index contributed by atoms with van der Waals surface area (Å²) >= 11 is 1.50. The van der Waals surface area contributed by atoms with E-state index in [1.165, 1.54) is 11.3 Å². The second-order valence-electron chi connectivity index (χ2n) is 5.72. The van der Waals surface area contributed by atoms with Crippen molar-refractivity contribution >= 4 is 17.2 Å². The summed E-state index contributed by atoms with van der Waals surface area (Å²) in [7, 11) is 3.74. The first kappa shape index (κ1) is 16.0. The third-order valence-electron chi connectivity index (χ3n) is 4.07. The summed E-state index contributed by atoms with van der Waals surface area (Å²) in [5.74, 6) is 0.853. The Balaban J connectivity index is 1.73. The molecule has 1 amide bonds. The number of aromatic nitrogens is 1. The van der Waals surface area contributed by atoms with Gasteiger partial charge in [-0.2, -0.15) is 0 Å². The quantitative estimate of drug-likeness (QED) is 0.867. The number of rotatable bonds is 3. The van der Waals surface area contributed by atoms with Crippen LogP contribution in [0.5, 0.6) is 5.75 Å². The fourth-order valence-corrected chi connectivity index (χ4v) is 3.45. The van der Waals surface area contributed by atoms with E-state index in [9.17, 15) is 4.79 Å². The van der Waals surface area contributed by atoms with Gasteiger partial charge in [0.1, 0.15) is 16.5 Å². The van der Waals surface area contributed by atoms with Gasteiger partial charge in [0.25, 0.3) is 5.91 Å². The SMILES string of the molecule is COc1ccc(-c2nc(C(=O)N3CCCN(C)CC3)cs2)cc1. The molecule has 6 heteroatoms. The zero-order valence-electron chi connectivity index (χ0n) is 13.5. The zero-order chi connectivity index (χ0) is 16.2. The van der Waals surface area contributed by atoms with Crippen molar-refractivity contribution in [3.63, 3.8) is 0 Å². The Kier molecular flexibility index (Phi) is 4.93. The lowest BCUT2D eigenvalue weighted by Gasteiger charge is -2.19. The molecule has 0 spiro atoms. The van der Waals surface area contributed by atoms with Gasteiger partial charge in [0.15, 0.2) is 0 Å². The molecular formula is C17H21N3O2S. The normalized spacial score (nSPS) is 16.2. The molecule has 1 fully saturated rings. The maximum Gasteiger partial charge on any atom is 0.273 e. The van der Waals surface area contributed by atoms with E-state index in [2.05, 4.69) is 16.9 Å². The number of ether oxygens (including phenoxy) is 1. The molecule has 3 rings (SSSR count). The minimum atomic E-state index is 0.0383. The third kappa shape index (κ3) is 3.71. The van der Waals surface area contributed by atoms with Crippen LogP contribution in [-0.4, -0.2) is 61.0 Å². The number of carbonyl (C=O) groups excluding carboxylic acids is 1. The van der Waals surface area contributed by atoms with Crippen LogP contribution in [0.15, 0.2) is 29.6 Å². The number of benzene rings is 1. The second-order valence-corrected chi connectivity index (χ2v) is 6.57. The largest absolute Gasteiger partial charge is 0.497 e. The number of thiazole rings is 1. The Morgan fingerprint density at radius 3 is 2.70 bits per heavy atom. The van der Waals surface area contributed by atoms with Gasteiger partial charge in [-0.15, -0.1) is 11.3 Å². The summed E-state index contributed by atoms with van der Waals surface area (Å²) in [5.41, 5.74) is 1.55. The molecule has 0 aliphatic carbocycles. The monoisotopic (exact) mass is 331 g/mol. The average Bonchev–Trinajstić information content (AvgIpc) is 2.97. The van der Waals surface area contributed by atoms with Crippen molar-refractivity contribution in [3.05, 3.63) is 35.3 Å². The lowest BCUT2D eigenvalue weighted by molar-refractivity contribution is 0.0758. The Morgan fingerprint density at radius 1 is 1.17 bits per heavy atom. The van der Waals surface area contributed by atoms with Crippen LogP contribution < -0.4 is 4.74 Å². The highest BCUT2D eigenvalue weighted by atomic mass is 32.1. The van der Waals surface area contributed by atoms with Crippen LogP contribution in [0.1, 0.15) is 16.9 Å². The molecule has 1 aliphatic heterocycles. The highest BCUT2D eigenvalue weighted by molar-refractivity contribution is 7.13. The Labute approximate surface area is 140 Å². The summed E-state index contributed by atoms with van der Waals surface area (Å²) < 4.78 is 5.17. The van der Waals surface area contributed by atoms with Gasteiger partial charge in [-0.3, -0.25) is 4.79 Å². The van der Waals surface area contributed by atoms with Gasteiger partial charge in [0.05, 0.1) is 7.11 Å². The number of methoxy groups -OCH3 is 1. The molecule has 23 heavy (non-hydrogen) atoms. The van der Waals surface area contributed by atoms with Gasteiger partial charge in [-0.05, 0) is 44.3 Å². The van der Waals surface area contributed by atoms with E-state index >= 15 is 0 Å². The van der Waals surface area contributed by atoms with Crippen molar-refractivity contribution < 1.29 is 9.53 Å². The summed E-state index contributed by atoms with van der Waals surface area (Å²) in [4.78, 5) is 21.3. The van der Waals surface area contributed by atoms with Crippen LogP contribution in [0.2, 0.25) is 0 Å². The van der Waals surface area contributed by atoms with Gasteiger partial charge >= 0.3 is 0 Å². The average molecular weight is 331 g/mol. The van der Waals surface area contributed by atoms with Crippen LogP contribution in [0.3, 0.4) is 0 Å². The van der Waals surface area contributed by atoms with Crippen LogP contribution in [-0.2, 0) is 0 Å². The standard InChI is InChI=1S/C17H21N3O2S/c1-19-8-3-9-20(11-10-19)17(21)15-12-23-16(18-15)13-4-6-14(22-2)7-5-13/h4-7,12H,3,8-11H2,1-2H3. The maximum absolute atomic E-state index is 12.6. The van der Waals surface area contributed by atoms with Crippen LogP contribution in [0, 0.1) is 0 Å². The predicted molar refractivity (Wildman–Crippen MR) is 92.1 cm³/mol. The van der Waals surface area contributed by atoms with E-state index in [1.54, 1.807) is 7.11 Å². The van der Waals surface area contributed by atoms with E-state index < -0.39 is 0 Å². The first-order valence-electron chi connectivity index (χ1n) is 7.75. The van der Waals surface area contributed by atoms with E-state index in [4.69, 9.17) is 4.74 Å². The number of amides is 1. The number of likely N-dealkylation sites (N-methyl/N-ethyl adjacent to an activating group) is 1. The number of carbonyl (C=O) groups is 1. The van der Waals surface area contributed by atoms with E-state index in [0.29, 0.717) is 5.69 Å². The maximum atomic E-state index is 12.6. The fraction of sp³-hybridized carbons (Fsp3) is 0.412. The highest BCUT2D eigenvalue weighted by Gasteiger charge is 2.21. The number of nitrogens with zero attached hydrogens (tertiary/aromatic N) is 3. The first-order valence-corrected chi connectivity index (χ1v) is 8.63. The van der Waals surface area contributed by atoms with Crippen LogP contribution in [0.4, 0.5) is 0 Å². The molecule has 1 aromatic heterocycles. The molecule has 0 atom stereocenters. The Bertz CT molecular complexity index is 669. The third-order valence-corrected chi connectivity index (χ3v) is 4.96. The zero-order valence-corrected chi connectivity index (χ0v) is 14.3. The molecule has 1 aliphatic rings. The van der Waals surface area contributed by atoms with Gasteiger partial charge in [0.2, 0.25) is 0 Å². The molecule has 122 valence electrons. The summed E-state index contributed by atoms with van der Waals surface area (Å²) in [5, 5.41) is 2.72. The first-order chi connectivity index (χ1) is 11.2. The smallest absolute Gasteiger partial charge is 0.273 e. The number of hydrogen-bond acceptors (Lipinski definition) is 5. The van der Waals surface area contributed by atoms with E-state index in [1.807, 2.05) is 34.5 Å². The molecule has 0 unspecified atom stereocenters. The summed E-state index contributed by atoms with van der Waals surface area (Å²) in [6, 6.07) is 7.74. The minimum absolute atomic E-state index is 0.0383. The summed E-state index contributed by atoms with van der Waals surface area (Å²) in [6.45, 7) is 3.53. The highest BCUT2D eigenvalue weighted by Crippen LogP contribution is 2.26. The van der Waals surface area contributed by atoms with Gasteiger partial charge in [-0.1, -0.05) is 0 Å². The molecule has 1 saturated heterocycles.